The molecule has 0 aromatic heterocycles. The van der Waals surface area contributed by atoms with Gasteiger partial charge in [-0.05, 0) is 33.6 Å². The molecule has 1 aromatic carbocycles. The molecule has 0 radical (unpaired) electrons. The molecule has 0 bridgehead atoms. The number of rotatable bonds is 3. The van der Waals surface area contributed by atoms with E-state index in [2.05, 4.69) is 5.32 Å². The number of piperidine rings is 1. The molecule has 1 aromatic rings. The van der Waals surface area contributed by atoms with Crippen LogP contribution in [0.25, 0.3) is 0 Å². The zero-order valence-electron chi connectivity index (χ0n) is 12.2. The first-order valence-electron chi connectivity index (χ1n) is 6.93. The van der Waals surface area contributed by atoms with Gasteiger partial charge >= 0.3 is 0 Å². The van der Waals surface area contributed by atoms with Crippen LogP contribution in [-0.2, 0) is 9.53 Å². The first-order valence-corrected chi connectivity index (χ1v) is 6.93. The summed E-state index contributed by atoms with van der Waals surface area (Å²) in [5, 5.41) is 2.76. The summed E-state index contributed by atoms with van der Waals surface area (Å²) in [7, 11) is 0. The Bertz CT molecular complexity index is 504. The van der Waals surface area contributed by atoms with E-state index >= 15 is 0 Å². The number of hydrogen-bond donors (Lipinski definition) is 1. The third kappa shape index (κ3) is 2.90. The molecule has 1 amide bonds. The first kappa shape index (κ1) is 14.7. The molecule has 1 N–H and O–H groups in total. The van der Waals surface area contributed by atoms with Gasteiger partial charge in [-0.2, -0.15) is 0 Å². The summed E-state index contributed by atoms with van der Waals surface area (Å²) in [5.41, 5.74) is -1.47. The van der Waals surface area contributed by atoms with Crippen LogP contribution in [0.15, 0.2) is 30.3 Å². The number of hydrogen-bond acceptors (Lipinski definition) is 3. The third-order valence-corrected chi connectivity index (χ3v) is 3.24. The Balaban J connectivity index is 2.41. The van der Waals surface area contributed by atoms with E-state index in [0.717, 1.165) is 6.42 Å². The van der Waals surface area contributed by atoms with E-state index in [1.54, 1.807) is 24.3 Å². The molecular weight excluding hydrogens is 254 g/mol. The average molecular weight is 275 g/mol. The lowest BCUT2D eigenvalue weighted by atomic mass is 9.84. The summed E-state index contributed by atoms with van der Waals surface area (Å²) in [6, 6.07) is 8.86. The number of Topliss-reactive ketones (excluding diaryl/α,β-unsaturated/α-hetero) is 1. The molecule has 0 aliphatic carbocycles. The normalized spacial score (nSPS) is 23.2. The summed E-state index contributed by atoms with van der Waals surface area (Å²) >= 11 is 0. The second-order valence-corrected chi connectivity index (χ2v) is 6.10. The van der Waals surface area contributed by atoms with E-state index in [4.69, 9.17) is 4.74 Å². The minimum atomic E-state index is -1.40. The van der Waals surface area contributed by atoms with Crippen molar-refractivity contribution < 1.29 is 14.3 Å². The lowest BCUT2D eigenvalue weighted by Gasteiger charge is -2.39. The Kier molecular flexibility index (Phi) is 3.95. The van der Waals surface area contributed by atoms with Crippen molar-refractivity contribution in [2.45, 2.75) is 44.8 Å². The SMILES string of the molecule is CC(C)(C)OC1(C(=O)c2ccccc2)CCCNC1=O. The van der Waals surface area contributed by atoms with Gasteiger partial charge in [-0.1, -0.05) is 30.3 Å². The summed E-state index contributed by atoms with van der Waals surface area (Å²) in [6.07, 6.45) is 1.16. The predicted octanol–water partition coefficient (Wildman–Crippen LogP) is 2.33. The first-order chi connectivity index (χ1) is 9.35. The minimum absolute atomic E-state index is 0.259. The highest BCUT2D eigenvalue weighted by Gasteiger charge is 2.50. The zero-order chi connectivity index (χ0) is 14.8. The third-order valence-electron chi connectivity index (χ3n) is 3.24. The second-order valence-electron chi connectivity index (χ2n) is 6.10. The highest BCUT2D eigenvalue weighted by molar-refractivity contribution is 6.17. The Morgan fingerprint density at radius 1 is 1.25 bits per heavy atom. The van der Waals surface area contributed by atoms with Gasteiger partial charge in [0.1, 0.15) is 0 Å². The number of nitrogens with one attached hydrogen (secondary N) is 1. The highest BCUT2D eigenvalue weighted by atomic mass is 16.5. The van der Waals surface area contributed by atoms with E-state index in [1.807, 2.05) is 26.8 Å². The zero-order valence-corrected chi connectivity index (χ0v) is 12.2. The summed E-state index contributed by atoms with van der Waals surface area (Å²) < 4.78 is 5.93. The van der Waals surface area contributed by atoms with E-state index in [1.165, 1.54) is 0 Å². The van der Waals surface area contributed by atoms with Gasteiger partial charge in [0, 0.05) is 12.1 Å². The summed E-state index contributed by atoms with van der Waals surface area (Å²) in [6.45, 7) is 6.16. The molecular formula is C16H21NO3. The maximum Gasteiger partial charge on any atom is 0.260 e. The lowest BCUT2D eigenvalue weighted by Crippen LogP contribution is -2.60. The molecule has 1 saturated heterocycles. The quantitative estimate of drug-likeness (QED) is 0.680. The van der Waals surface area contributed by atoms with Crippen LogP contribution in [-0.4, -0.2) is 29.4 Å². The van der Waals surface area contributed by atoms with Crippen molar-refractivity contribution in [1.82, 2.24) is 5.32 Å². The molecule has 4 nitrogen and oxygen atoms in total. The van der Waals surface area contributed by atoms with Crippen molar-refractivity contribution in [1.29, 1.82) is 0 Å². The molecule has 1 aliphatic heterocycles. The van der Waals surface area contributed by atoms with Crippen LogP contribution >= 0.6 is 0 Å². The van der Waals surface area contributed by atoms with Gasteiger partial charge in [-0.3, -0.25) is 9.59 Å². The monoisotopic (exact) mass is 275 g/mol. The van der Waals surface area contributed by atoms with Crippen molar-refractivity contribution >= 4 is 11.7 Å². The van der Waals surface area contributed by atoms with Crippen LogP contribution in [0.2, 0.25) is 0 Å². The fraction of sp³-hybridized carbons (Fsp3) is 0.500. The van der Waals surface area contributed by atoms with Crippen molar-refractivity contribution in [2.24, 2.45) is 0 Å². The van der Waals surface area contributed by atoms with E-state index in [0.29, 0.717) is 18.5 Å². The largest absolute Gasteiger partial charge is 0.353 e. The molecule has 4 heteroatoms. The number of amides is 1. The fourth-order valence-electron chi connectivity index (χ4n) is 2.50. The van der Waals surface area contributed by atoms with Crippen LogP contribution in [0.1, 0.15) is 44.0 Å². The van der Waals surface area contributed by atoms with Crippen LogP contribution in [0.5, 0.6) is 0 Å². The predicted molar refractivity (Wildman–Crippen MR) is 76.6 cm³/mol. The summed E-state index contributed by atoms with van der Waals surface area (Å²) in [5.74, 6) is -0.585. The second kappa shape index (κ2) is 5.37. The van der Waals surface area contributed by atoms with Gasteiger partial charge in [-0.25, -0.2) is 0 Å². The molecule has 1 aliphatic rings. The van der Waals surface area contributed by atoms with Gasteiger partial charge < -0.3 is 10.1 Å². The Labute approximate surface area is 119 Å². The minimum Gasteiger partial charge on any atom is -0.353 e. The Morgan fingerprint density at radius 2 is 1.90 bits per heavy atom. The van der Waals surface area contributed by atoms with Gasteiger partial charge in [0.15, 0.2) is 0 Å². The molecule has 108 valence electrons. The van der Waals surface area contributed by atoms with Crippen LogP contribution in [0.3, 0.4) is 0 Å². The standard InChI is InChI=1S/C16H21NO3/c1-15(2,3)20-16(10-7-11-17-14(16)19)13(18)12-8-5-4-6-9-12/h4-6,8-9H,7,10-11H2,1-3H3,(H,17,19). The number of ketones is 1. The summed E-state index contributed by atoms with van der Waals surface area (Å²) in [4.78, 5) is 25.2. The lowest BCUT2D eigenvalue weighted by molar-refractivity contribution is -0.161. The maximum atomic E-state index is 12.8. The molecule has 1 unspecified atom stereocenters. The molecule has 2 rings (SSSR count). The highest BCUT2D eigenvalue weighted by Crippen LogP contribution is 2.31. The van der Waals surface area contributed by atoms with E-state index in [9.17, 15) is 9.59 Å². The topological polar surface area (TPSA) is 55.4 Å². The molecule has 20 heavy (non-hydrogen) atoms. The fourth-order valence-corrected chi connectivity index (χ4v) is 2.50. The van der Waals surface area contributed by atoms with Crippen LogP contribution in [0, 0.1) is 0 Å². The number of ether oxygens (including phenoxy) is 1. The van der Waals surface area contributed by atoms with Crippen LogP contribution < -0.4 is 5.32 Å². The van der Waals surface area contributed by atoms with E-state index in [-0.39, 0.29) is 11.7 Å². The number of carbonyl (C=O) groups excluding carboxylic acids is 2. The molecule has 0 saturated carbocycles. The molecule has 1 atom stereocenters. The molecule has 1 fully saturated rings. The van der Waals surface area contributed by atoms with Crippen molar-refractivity contribution in [2.75, 3.05) is 6.54 Å². The average Bonchev–Trinajstić information content (AvgIpc) is 2.40. The van der Waals surface area contributed by atoms with E-state index < -0.39 is 11.2 Å². The van der Waals surface area contributed by atoms with Crippen molar-refractivity contribution in [3.05, 3.63) is 35.9 Å². The van der Waals surface area contributed by atoms with Crippen molar-refractivity contribution in [3.63, 3.8) is 0 Å². The van der Waals surface area contributed by atoms with Crippen molar-refractivity contribution in [3.8, 4) is 0 Å². The van der Waals surface area contributed by atoms with Gasteiger partial charge in [0.25, 0.3) is 5.91 Å². The maximum absolute atomic E-state index is 12.8. The number of benzene rings is 1. The molecule has 0 spiro atoms. The van der Waals surface area contributed by atoms with Gasteiger partial charge in [0.05, 0.1) is 5.60 Å². The Morgan fingerprint density at radius 3 is 2.45 bits per heavy atom. The Hall–Kier alpha value is -1.68. The smallest absolute Gasteiger partial charge is 0.260 e. The van der Waals surface area contributed by atoms with Gasteiger partial charge in [0.2, 0.25) is 11.4 Å². The van der Waals surface area contributed by atoms with Crippen LogP contribution in [0.4, 0.5) is 0 Å². The van der Waals surface area contributed by atoms with Gasteiger partial charge in [-0.15, -0.1) is 0 Å². The number of carbonyl (C=O) groups is 2. The molecule has 1 heterocycles.